The van der Waals surface area contributed by atoms with Crippen LogP contribution in [0.1, 0.15) is 36.4 Å². The highest BCUT2D eigenvalue weighted by atomic mass is 35.5. The van der Waals surface area contributed by atoms with E-state index in [4.69, 9.17) is 23.2 Å². The molecule has 1 atom stereocenters. The van der Waals surface area contributed by atoms with Crippen LogP contribution in [0.2, 0.25) is 10.0 Å². The van der Waals surface area contributed by atoms with Crippen molar-refractivity contribution in [2.75, 3.05) is 7.05 Å². The maximum Gasteiger partial charge on any atom is 0.0595 e. The van der Waals surface area contributed by atoms with Gasteiger partial charge in [0.2, 0.25) is 0 Å². The summed E-state index contributed by atoms with van der Waals surface area (Å²) < 4.78 is 0. The summed E-state index contributed by atoms with van der Waals surface area (Å²) in [5, 5.41) is 4.74. The quantitative estimate of drug-likeness (QED) is 0.798. The average Bonchev–Trinajstić information content (AvgIpc) is 2.47. The molecular weight excluding hydrogens is 301 g/mol. The van der Waals surface area contributed by atoms with Crippen molar-refractivity contribution in [2.24, 2.45) is 0 Å². The van der Waals surface area contributed by atoms with Crippen molar-refractivity contribution in [2.45, 2.75) is 30.7 Å². The number of rotatable bonds is 4. The molecule has 0 amide bonds. The van der Waals surface area contributed by atoms with Gasteiger partial charge in [-0.25, -0.2) is 0 Å². The molecule has 0 radical (unpaired) electrons. The highest BCUT2D eigenvalue weighted by Crippen LogP contribution is 2.52. The van der Waals surface area contributed by atoms with E-state index in [9.17, 15) is 0 Å². The Morgan fingerprint density at radius 2 is 1.71 bits per heavy atom. The van der Waals surface area contributed by atoms with Crippen molar-refractivity contribution in [3.05, 3.63) is 69.7 Å². The van der Waals surface area contributed by atoms with Gasteiger partial charge < -0.3 is 5.32 Å². The van der Waals surface area contributed by atoms with Gasteiger partial charge in [0.05, 0.1) is 10.0 Å². The monoisotopic (exact) mass is 319 g/mol. The molecule has 1 N–H and O–H groups in total. The lowest BCUT2D eigenvalue weighted by Gasteiger charge is -2.48. The summed E-state index contributed by atoms with van der Waals surface area (Å²) in [6.07, 6.45) is 3.67. The minimum absolute atomic E-state index is 0.160. The molecule has 0 aromatic heterocycles. The molecule has 1 saturated carbocycles. The molecule has 2 aromatic carbocycles. The van der Waals surface area contributed by atoms with Gasteiger partial charge in [-0.1, -0.05) is 66.0 Å². The Morgan fingerprint density at radius 1 is 1.00 bits per heavy atom. The van der Waals surface area contributed by atoms with E-state index < -0.39 is 0 Å². The molecule has 0 heterocycles. The molecule has 3 heteroatoms. The molecule has 1 fully saturated rings. The lowest BCUT2D eigenvalue weighted by atomic mass is 9.59. The lowest BCUT2D eigenvalue weighted by Crippen LogP contribution is -2.45. The SMILES string of the molecule is CNC(c1ccc(Cl)c(Cl)c1)C1(c2ccccc2)CCC1. The maximum absolute atomic E-state index is 6.21. The van der Waals surface area contributed by atoms with Gasteiger partial charge in [0, 0.05) is 11.5 Å². The standard InChI is InChI=1S/C18H19Cl2N/c1-21-17(13-8-9-15(19)16(20)12-13)18(10-5-11-18)14-6-3-2-4-7-14/h2-4,6-9,12,17,21H,5,10-11H2,1H3. The van der Waals surface area contributed by atoms with E-state index in [0.29, 0.717) is 10.0 Å². The van der Waals surface area contributed by atoms with Crippen molar-refractivity contribution < 1.29 is 0 Å². The summed E-state index contributed by atoms with van der Waals surface area (Å²) >= 11 is 12.3. The van der Waals surface area contributed by atoms with Crippen molar-refractivity contribution in [3.63, 3.8) is 0 Å². The predicted molar refractivity (Wildman–Crippen MR) is 90.2 cm³/mol. The minimum Gasteiger partial charge on any atom is -0.312 e. The van der Waals surface area contributed by atoms with Crippen molar-refractivity contribution >= 4 is 23.2 Å². The van der Waals surface area contributed by atoms with E-state index in [1.165, 1.54) is 30.4 Å². The number of nitrogens with one attached hydrogen (secondary N) is 1. The van der Waals surface area contributed by atoms with Crippen LogP contribution < -0.4 is 5.32 Å². The van der Waals surface area contributed by atoms with Gasteiger partial charge in [-0.3, -0.25) is 0 Å². The predicted octanol–water partition coefficient (Wildman–Crippen LogP) is 5.38. The van der Waals surface area contributed by atoms with E-state index in [1.54, 1.807) is 0 Å². The Labute approximate surface area is 136 Å². The van der Waals surface area contributed by atoms with Crippen molar-refractivity contribution in [3.8, 4) is 0 Å². The smallest absolute Gasteiger partial charge is 0.0595 e. The van der Waals surface area contributed by atoms with E-state index in [-0.39, 0.29) is 11.5 Å². The summed E-state index contributed by atoms with van der Waals surface area (Å²) in [5.74, 6) is 0. The molecule has 3 rings (SSSR count). The molecule has 21 heavy (non-hydrogen) atoms. The summed E-state index contributed by atoms with van der Waals surface area (Å²) in [5.41, 5.74) is 2.77. The molecule has 2 aromatic rings. The summed E-state index contributed by atoms with van der Waals surface area (Å²) in [6.45, 7) is 0. The largest absolute Gasteiger partial charge is 0.312 e. The van der Waals surface area contributed by atoms with Gasteiger partial charge in [-0.15, -0.1) is 0 Å². The van der Waals surface area contributed by atoms with E-state index >= 15 is 0 Å². The van der Waals surface area contributed by atoms with Gasteiger partial charge in [-0.2, -0.15) is 0 Å². The molecule has 0 spiro atoms. The van der Waals surface area contributed by atoms with Crippen molar-refractivity contribution in [1.82, 2.24) is 5.32 Å². The van der Waals surface area contributed by atoms with E-state index in [0.717, 1.165) is 0 Å². The average molecular weight is 320 g/mol. The summed E-state index contributed by atoms with van der Waals surface area (Å²) in [6, 6.07) is 17.0. The van der Waals surface area contributed by atoms with E-state index in [2.05, 4.69) is 41.7 Å². The molecule has 1 nitrogen and oxygen atoms in total. The van der Waals surface area contributed by atoms with Crippen LogP contribution in [-0.4, -0.2) is 7.05 Å². The Hall–Kier alpha value is -1.02. The zero-order chi connectivity index (χ0) is 14.9. The zero-order valence-electron chi connectivity index (χ0n) is 12.1. The van der Waals surface area contributed by atoms with Crippen molar-refractivity contribution in [1.29, 1.82) is 0 Å². The summed E-state index contributed by atoms with van der Waals surface area (Å²) in [4.78, 5) is 0. The third-order valence-corrected chi connectivity index (χ3v) is 5.45. The molecule has 0 bridgehead atoms. The first kappa shape index (κ1) is 14.9. The second-order valence-electron chi connectivity index (χ2n) is 5.77. The first-order chi connectivity index (χ1) is 10.2. The lowest BCUT2D eigenvalue weighted by molar-refractivity contribution is 0.176. The molecule has 0 saturated heterocycles. The van der Waals surface area contributed by atoms with Crippen LogP contribution in [0.3, 0.4) is 0 Å². The number of benzene rings is 2. The molecule has 1 aliphatic rings. The molecule has 1 aliphatic carbocycles. The van der Waals surface area contributed by atoms with Gasteiger partial charge in [0.15, 0.2) is 0 Å². The molecular formula is C18H19Cl2N. The first-order valence-electron chi connectivity index (χ1n) is 7.35. The van der Waals surface area contributed by atoms with Crippen LogP contribution in [0.25, 0.3) is 0 Å². The number of hydrogen-bond donors (Lipinski definition) is 1. The Bertz CT molecular complexity index is 620. The number of likely N-dealkylation sites (N-methyl/N-ethyl adjacent to an activating group) is 1. The number of halogens is 2. The van der Waals surface area contributed by atoms with Crippen LogP contribution in [0.5, 0.6) is 0 Å². The van der Waals surface area contributed by atoms with Crippen LogP contribution in [-0.2, 0) is 5.41 Å². The second kappa shape index (κ2) is 6.00. The Kier molecular flexibility index (Phi) is 4.26. The fraction of sp³-hybridized carbons (Fsp3) is 0.333. The van der Waals surface area contributed by atoms with Gasteiger partial charge >= 0.3 is 0 Å². The highest BCUT2D eigenvalue weighted by Gasteiger charge is 2.45. The Balaban J connectivity index is 2.03. The molecule has 1 unspecified atom stereocenters. The number of hydrogen-bond acceptors (Lipinski definition) is 1. The molecule has 0 aliphatic heterocycles. The van der Waals surface area contributed by atoms with Gasteiger partial charge in [0.1, 0.15) is 0 Å². The van der Waals surface area contributed by atoms with Gasteiger partial charge in [-0.05, 0) is 43.1 Å². The van der Waals surface area contributed by atoms with Gasteiger partial charge in [0.25, 0.3) is 0 Å². The first-order valence-corrected chi connectivity index (χ1v) is 8.11. The fourth-order valence-corrected chi connectivity index (χ4v) is 3.83. The zero-order valence-corrected chi connectivity index (χ0v) is 13.6. The maximum atomic E-state index is 6.21. The third kappa shape index (κ3) is 2.59. The third-order valence-electron chi connectivity index (χ3n) is 4.71. The van der Waals surface area contributed by atoms with Crippen LogP contribution in [0, 0.1) is 0 Å². The fourth-order valence-electron chi connectivity index (χ4n) is 3.53. The van der Waals surface area contributed by atoms with E-state index in [1.807, 2.05) is 19.2 Å². The topological polar surface area (TPSA) is 12.0 Å². The minimum atomic E-state index is 0.160. The van der Waals surface area contributed by atoms with Crippen LogP contribution >= 0.6 is 23.2 Å². The summed E-state index contributed by atoms with van der Waals surface area (Å²) in [7, 11) is 2.02. The molecule has 110 valence electrons. The van der Waals surface area contributed by atoms with Crippen LogP contribution in [0.15, 0.2) is 48.5 Å². The van der Waals surface area contributed by atoms with Crippen LogP contribution in [0.4, 0.5) is 0 Å². The Morgan fingerprint density at radius 3 is 2.24 bits per heavy atom. The second-order valence-corrected chi connectivity index (χ2v) is 6.59. The normalized spacial score (nSPS) is 18.0. The highest BCUT2D eigenvalue weighted by molar-refractivity contribution is 6.42.